The molecular weight excluding hydrogens is 820 g/mol. The Bertz CT molecular complexity index is 2040. The molecule has 0 aliphatic carbocycles. The summed E-state index contributed by atoms with van der Waals surface area (Å²) in [5, 5.41) is 26.4. The Labute approximate surface area is 359 Å². The smallest absolute Gasteiger partial charge is 0.309 e. The second kappa shape index (κ2) is 20.1. The highest BCUT2D eigenvalue weighted by Crippen LogP contribution is 2.34. The summed E-state index contributed by atoms with van der Waals surface area (Å²) in [6.45, 7) is 14.6. The Morgan fingerprint density at radius 1 is 0.845 bits per heavy atom. The lowest BCUT2D eigenvalue weighted by molar-refractivity contribution is -0.147. The fourth-order valence-corrected chi connectivity index (χ4v) is 8.73. The van der Waals surface area contributed by atoms with Crippen LogP contribution in [0.3, 0.4) is 0 Å². The molecule has 58 heavy (non-hydrogen) atoms. The zero-order valence-electron chi connectivity index (χ0n) is 34.9. The van der Waals surface area contributed by atoms with Gasteiger partial charge in [0.2, 0.25) is 11.8 Å². The number of amides is 2. The van der Waals surface area contributed by atoms with E-state index in [2.05, 4.69) is 32.0 Å². The van der Waals surface area contributed by atoms with Crippen molar-refractivity contribution < 1.29 is 29.0 Å². The molecule has 0 saturated carbocycles. The van der Waals surface area contributed by atoms with E-state index in [1.807, 2.05) is 65.0 Å². The van der Waals surface area contributed by atoms with E-state index in [4.69, 9.17) is 33.0 Å². The van der Waals surface area contributed by atoms with Gasteiger partial charge in [-0.25, -0.2) is 4.68 Å². The number of carbonyl (C=O) groups excluding carboxylic acids is 3. The molecule has 0 bridgehead atoms. The van der Waals surface area contributed by atoms with Crippen LogP contribution in [0.5, 0.6) is 0 Å². The van der Waals surface area contributed by atoms with Crippen LogP contribution in [0.4, 0.5) is 0 Å². The normalized spacial score (nSPS) is 19.6. The molecule has 2 aliphatic heterocycles. The number of aryl methyl sites for hydroxylation is 4. The van der Waals surface area contributed by atoms with Gasteiger partial charge in [-0.05, 0) is 136 Å². The van der Waals surface area contributed by atoms with Gasteiger partial charge in [0.05, 0.1) is 48.3 Å². The zero-order valence-corrected chi connectivity index (χ0v) is 38.0. The number of methoxy groups -OCH3 is 1. The quantitative estimate of drug-likeness (QED) is 0.104. The van der Waals surface area contributed by atoms with Gasteiger partial charge < -0.3 is 20.5 Å². The summed E-state index contributed by atoms with van der Waals surface area (Å²) in [4.78, 5) is 50.7. The molecule has 4 N–H and O–H groups in total. The number of nitrogens with zero attached hydrogens (tertiary/aromatic N) is 3. The third-order valence-corrected chi connectivity index (χ3v) is 13.7. The molecule has 2 unspecified atom stereocenters. The van der Waals surface area contributed by atoms with Crippen molar-refractivity contribution >= 4 is 69.6 Å². The minimum absolute atomic E-state index is 0.0337. The van der Waals surface area contributed by atoms with E-state index in [0.717, 1.165) is 75.7 Å². The van der Waals surface area contributed by atoms with Crippen LogP contribution >= 0.6 is 45.9 Å². The molecule has 6 heterocycles. The van der Waals surface area contributed by atoms with Gasteiger partial charge in [0, 0.05) is 41.3 Å². The van der Waals surface area contributed by atoms with E-state index in [0.29, 0.717) is 38.1 Å². The van der Waals surface area contributed by atoms with Gasteiger partial charge in [-0.1, -0.05) is 30.1 Å². The fourth-order valence-electron chi connectivity index (χ4n) is 6.55. The van der Waals surface area contributed by atoms with Crippen molar-refractivity contribution in [3.8, 4) is 0 Å². The summed E-state index contributed by atoms with van der Waals surface area (Å²) < 4.78 is 8.29. The molecule has 6 rings (SSSR count). The second-order valence-electron chi connectivity index (χ2n) is 16.7. The Morgan fingerprint density at radius 3 is 1.83 bits per heavy atom. The van der Waals surface area contributed by atoms with Crippen LogP contribution in [0, 0.1) is 10.8 Å². The molecule has 12 nitrogen and oxygen atoms in total. The van der Waals surface area contributed by atoms with Crippen LogP contribution in [0.2, 0.25) is 8.67 Å². The van der Waals surface area contributed by atoms with Gasteiger partial charge >= 0.3 is 5.97 Å². The SMILES string of the molecule is CC1(c2cc(CCc3ccc(Cl)s3)[nH]n2)CCCNC1=O.CCC(C)(C)C(=O)O.COCC(C)(C)C(=O)n1nc(C2(C)CCCNC2=O)cc1CCc1ccc(Cl)s1. The predicted octanol–water partition coefficient (Wildman–Crippen LogP) is 8.45. The summed E-state index contributed by atoms with van der Waals surface area (Å²) in [5.74, 6) is -0.810. The molecule has 2 amide bonds. The van der Waals surface area contributed by atoms with Crippen LogP contribution in [-0.2, 0) is 55.6 Å². The van der Waals surface area contributed by atoms with Gasteiger partial charge in [0.1, 0.15) is 0 Å². The number of H-pyrrole nitrogens is 1. The van der Waals surface area contributed by atoms with Gasteiger partial charge in [0.25, 0.3) is 5.91 Å². The molecule has 2 fully saturated rings. The molecule has 0 spiro atoms. The maximum absolute atomic E-state index is 13.3. The summed E-state index contributed by atoms with van der Waals surface area (Å²) in [6, 6.07) is 11.8. The average molecular weight is 878 g/mol. The molecule has 318 valence electrons. The largest absolute Gasteiger partial charge is 0.481 e. The van der Waals surface area contributed by atoms with E-state index in [9.17, 15) is 19.2 Å². The lowest BCUT2D eigenvalue weighted by Crippen LogP contribution is -2.47. The molecular formula is C42H58Cl2N6O6S2. The topological polar surface area (TPSA) is 168 Å². The first-order chi connectivity index (χ1) is 27.3. The van der Waals surface area contributed by atoms with E-state index < -0.39 is 27.6 Å². The number of carboxylic acids is 1. The van der Waals surface area contributed by atoms with Crippen molar-refractivity contribution in [2.24, 2.45) is 10.8 Å². The summed E-state index contributed by atoms with van der Waals surface area (Å²) in [6.07, 6.45) is 7.33. The number of nitrogens with one attached hydrogen (secondary N) is 3. The number of ether oxygens (including phenoxy) is 1. The highest BCUT2D eigenvalue weighted by Gasteiger charge is 2.42. The number of piperidine rings is 2. The monoisotopic (exact) mass is 876 g/mol. The number of carboxylic acid groups (broad SMARTS) is 1. The van der Waals surface area contributed by atoms with Crippen molar-refractivity contribution in [3.05, 3.63) is 77.6 Å². The minimum Gasteiger partial charge on any atom is -0.481 e. The maximum atomic E-state index is 13.3. The van der Waals surface area contributed by atoms with Crippen molar-refractivity contribution in [2.45, 2.75) is 117 Å². The maximum Gasteiger partial charge on any atom is 0.309 e. The molecule has 16 heteroatoms. The van der Waals surface area contributed by atoms with Crippen LogP contribution in [0.1, 0.15) is 118 Å². The molecule has 2 aliphatic rings. The number of hydrogen-bond acceptors (Lipinski definition) is 9. The molecule has 0 aromatic carbocycles. The molecule has 2 atom stereocenters. The van der Waals surface area contributed by atoms with E-state index in [1.165, 1.54) is 20.9 Å². The molecule has 2 saturated heterocycles. The van der Waals surface area contributed by atoms with Gasteiger partial charge in [-0.2, -0.15) is 10.2 Å². The number of thiophene rings is 2. The van der Waals surface area contributed by atoms with E-state index >= 15 is 0 Å². The average Bonchev–Trinajstić information content (AvgIpc) is 4.01. The predicted molar refractivity (Wildman–Crippen MR) is 231 cm³/mol. The first-order valence-electron chi connectivity index (χ1n) is 19.7. The Hall–Kier alpha value is -3.56. The third kappa shape index (κ3) is 11.8. The Kier molecular flexibility index (Phi) is 16.4. The van der Waals surface area contributed by atoms with Crippen molar-refractivity contribution in [2.75, 3.05) is 26.8 Å². The molecule has 0 radical (unpaired) electrons. The first-order valence-corrected chi connectivity index (χ1v) is 22.1. The Morgan fingerprint density at radius 2 is 1.38 bits per heavy atom. The van der Waals surface area contributed by atoms with E-state index in [1.54, 1.807) is 32.3 Å². The minimum atomic E-state index is -0.727. The third-order valence-electron chi connectivity index (χ3n) is 11.1. The lowest BCUT2D eigenvalue weighted by Gasteiger charge is -2.30. The summed E-state index contributed by atoms with van der Waals surface area (Å²) in [5.41, 5.74) is 0.867. The Balaban J connectivity index is 0.000000223. The van der Waals surface area contributed by atoms with Crippen LogP contribution in [0.25, 0.3) is 0 Å². The number of rotatable bonds is 13. The van der Waals surface area contributed by atoms with Gasteiger partial charge in [0.15, 0.2) is 0 Å². The summed E-state index contributed by atoms with van der Waals surface area (Å²) in [7, 11) is 1.58. The number of aromatic nitrogens is 4. The van der Waals surface area contributed by atoms with Crippen molar-refractivity contribution in [1.82, 2.24) is 30.6 Å². The molecule has 4 aromatic rings. The standard InChI is InChI=1S/C21H28ClN3O3S.C15H18ClN3OS.C6H12O2/c1-20(2,13-28-4)19(27)25-14(6-7-15-8-9-17(22)29-15)12-16(24-25)21(3)10-5-11-23-18(21)26;1-15(7-2-8-17-14(15)20)12-9-10(18-19-12)3-4-11-5-6-13(16)21-11;1-4-6(2,3)5(7)8/h8-9,12H,5-7,10-11,13H2,1-4H3,(H,23,26);5-6,9H,2-4,7-8H2,1H3,(H,17,20)(H,18,19);4H2,1-3H3,(H,7,8). The number of aliphatic carboxylic acids is 1. The van der Waals surface area contributed by atoms with Crippen LogP contribution in [0.15, 0.2) is 36.4 Å². The van der Waals surface area contributed by atoms with Crippen LogP contribution in [-0.4, -0.2) is 75.6 Å². The lowest BCUT2D eigenvalue weighted by atomic mass is 9.79. The van der Waals surface area contributed by atoms with Gasteiger partial charge in [-0.3, -0.25) is 24.3 Å². The number of carbonyl (C=O) groups is 4. The fraction of sp³-hybridized carbons (Fsp3) is 0.571. The van der Waals surface area contributed by atoms with E-state index in [-0.39, 0.29) is 17.7 Å². The zero-order chi connectivity index (χ0) is 42.9. The summed E-state index contributed by atoms with van der Waals surface area (Å²) >= 11 is 15.1. The highest BCUT2D eigenvalue weighted by molar-refractivity contribution is 7.16. The van der Waals surface area contributed by atoms with Crippen molar-refractivity contribution in [1.29, 1.82) is 0 Å². The van der Waals surface area contributed by atoms with Crippen molar-refractivity contribution in [3.63, 3.8) is 0 Å². The number of halogens is 2. The first kappa shape index (κ1) is 47.1. The second-order valence-corrected chi connectivity index (χ2v) is 20.3. The number of hydrogen-bond donors (Lipinski definition) is 4. The number of aromatic amines is 1. The van der Waals surface area contributed by atoms with Crippen LogP contribution < -0.4 is 10.6 Å². The molecule has 4 aromatic heterocycles. The highest BCUT2D eigenvalue weighted by atomic mass is 35.5. The van der Waals surface area contributed by atoms with Gasteiger partial charge in [-0.15, -0.1) is 22.7 Å².